The summed E-state index contributed by atoms with van der Waals surface area (Å²) in [6, 6.07) is 6.78. The highest BCUT2D eigenvalue weighted by atomic mass is 35.5. The Balaban J connectivity index is 1.51. The Hall–Kier alpha value is -1.75. The summed E-state index contributed by atoms with van der Waals surface area (Å²) in [6.45, 7) is 1.53. The van der Waals surface area contributed by atoms with Gasteiger partial charge in [0.05, 0.1) is 12.3 Å². The number of amidine groups is 1. The largest absolute Gasteiger partial charge is 0.398 e. The Kier molecular flexibility index (Phi) is 6.84. The summed E-state index contributed by atoms with van der Waals surface area (Å²) in [5.41, 5.74) is -1.40. The van der Waals surface area contributed by atoms with Gasteiger partial charge in [-0.1, -0.05) is 54.6 Å². The van der Waals surface area contributed by atoms with Crippen LogP contribution in [0.15, 0.2) is 34.4 Å². The maximum Gasteiger partial charge on any atom is 0.153 e. The van der Waals surface area contributed by atoms with Gasteiger partial charge in [0.25, 0.3) is 0 Å². The molecule has 7 atom stereocenters. The summed E-state index contributed by atoms with van der Waals surface area (Å²) in [6.07, 6.45) is 4.14. The van der Waals surface area contributed by atoms with Crippen molar-refractivity contribution in [3.05, 3.63) is 34.9 Å². The molecule has 2 unspecified atom stereocenters. The van der Waals surface area contributed by atoms with Crippen molar-refractivity contribution in [3.8, 4) is 0 Å². The third-order valence-electron chi connectivity index (χ3n) is 8.31. The summed E-state index contributed by atoms with van der Waals surface area (Å²) in [7, 11) is 1.52. The fourth-order valence-corrected chi connectivity index (χ4v) is 6.65. The molecule has 1 aliphatic carbocycles. The van der Waals surface area contributed by atoms with Crippen molar-refractivity contribution < 1.29 is 24.9 Å². The number of fused-ring (bicyclic) bond motifs is 1. The van der Waals surface area contributed by atoms with Gasteiger partial charge in [0.15, 0.2) is 5.84 Å². The molecule has 10 heteroatoms. The molecule has 0 bridgehead atoms. The number of aliphatic imine (C=N–C) groups is 1. The highest BCUT2D eigenvalue weighted by Crippen LogP contribution is 2.52. The number of aliphatic hydroxyl groups excluding tert-OH is 2. The van der Waals surface area contributed by atoms with Gasteiger partial charge < -0.3 is 30.2 Å². The van der Waals surface area contributed by atoms with Gasteiger partial charge >= 0.3 is 0 Å². The van der Waals surface area contributed by atoms with Gasteiger partial charge in [-0.05, 0) is 43.9 Å². The highest BCUT2D eigenvalue weighted by molar-refractivity contribution is 6.30. The van der Waals surface area contributed by atoms with Crippen molar-refractivity contribution in [2.75, 3.05) is 7.11 Å². The van der Waals surface area contributed by atoms with Crippen molar-refractivity contribution in [2.45, 2.75) is 93.7 Å². The number of aliphatic hydroxyl groups is 3. The average molecular weight is 507 g/mol. The predicted octanol–water partition coefficient (Wildman–Crippen LogP) is 2.54. The van der Waals surface area contributed by atoms with Crippen LogP contribution in [-0.4, -0.2) is 75.2 Å². The average Bonchev–Trinajstić information content (AvgIpc) is 3.13. The number of hydrogen-bond acceptors (Lipinski definition) is 8. The molecule has 5 rings (SSSR count). The first-order valence-corrected chi connectivity index (χ1v) is 12.8. The molecule has 4 aliphatic rings. The number of rotatable bonds is 4. The lowest BCUT2D eigenvalue weighted by Crippen LogP contribution is -2.58. The molecule has 1 saturated carbocycles. The molecule has 1 aromatic rings. The number of nitrogens with zero attached hydrogens (tertiary/aromatic N) is 3. The van der Waals surface area contributed by atoms with E-state index in [1.807, 2.05) is 0 Å². The first kappa shape index (κ1) is 24.9. The van der Waals surface area contributed by atoms with Crippen molar-refractivity contribution in [3.63, 3.8) is 0 Å². The van der Waals surface area contributed by atoms with E-state index in [1.54, 1.807) is 30.6 Å². The van der Waals surface area contributed by atoms with E-state index < -0.39 is 30.1 Å². The van der Waals surface area contributed by atoms with Crippen LogP contribution in [0.1, 0.15) is 63.5 Å². The van der Waals surface area contributed by atoms with Crippen LogP contribution in [0.4, 0.5) is 0 Å². The number of likely N-dealkylation sites (tertiary alicyclic amines) is 1. The van der Waals surface area contributed by atoms with Crippen LogP contribution in [0.2, 0.25) is 5.02 Å². The Morgan fingerprint density at radius 3 is 2.57 bits per heavy atom. The number of halogens is 1. The second kappa shape index (κ2) is 9.61. The summed E-state index contributed by atoms with van der Waals surface area (Å²) in [4.78, 5) is 12.0. The molecule has 2 saturated heterocycles. The number of benzene rings is 1. The third-order valence-corrected chi connectivity index (χ3v) is 8.56. The summed E-state index contributed by atoms with van der Waals surface area (Å²) < 4.78 is 6.41. The van der Waals surface area contributed by atoms with Crippen molar-refractivity contribution in [2.24, 2.45) is 16.1 Å². The van der Waals surface area contributed by atoms with Crippen LogP contribution in [0, 0.1) is 5.92 Å². The minimum Gasteiger partial charge on any atom is -0.398 e. The Bertz CT molecular complexity index is 963. The zero-order chi connectivity index (χ0) is 24.8. The molecular weight excluding hydrogens is 472 g/mol. The smallest absolute Gasteiger partial charge is 0.153 e. The second-order valence-corrected chi connectivity index (χ2v) is 10.9. The van der Waals surface area contributed by atoms with Crippen molar-refractivity contribution in [1.82, 2.24) is 10.2 Å². The molecule has 4 N–H and O–H groups in total. The summed E-state index contributed by atoms with van der Waals surface area (Å²) >= 11 is 6.01. The molecule has 3 aliphatic heterocycles. The van der Waals surface area contributed by atoms with Crippen LogP contribution in [0.25, 0.3) is 0 Å². The fourth-order valence-electron chi connectivity index (χ4n) is 6.52. The summed E-state index contributed by atoms with van der Waals surface area (Å²) in [5.74, 6) is 0.648. The Labute approximate surface area is 210 Å². The molecule has 0 aromatic heterocycles. The second-order valence-electron chi connectivity index (χ2n) is 10.5. The SMILES string of the molecule is CO/N=C1\NC=NC2C1CC1(CCCCCC1)N2[C@@H]1O[C@H]([C@H](O)c2ccc(Cl)cc2)[C@@](C)(O)[C@H]1O. The highest BCUT2D eigenvalue weighted by Gasteiger charge is 2.64. The number of nitrogens with one attached hydrogen (secondary N) is 1. The van der Waals surface area contributed by atoms with Gasteiger partial charge in [0.1, 0.15) is 43.4 Å². The molecule has 192 valence electrons. The first-order chi connectivity index (χ1) is 16.8. The maximum absolute atomic E-state index is 11.5. The van der Waals surface area contributed by atoms with E-state index >= 15 is 0 Å². The molecule has 0 radical (unpaired) electrons. The maximum atomic E-state index is 11.5. The quantitative estimate of drug-likeness (QED) is 0.463. The number of hydrogen-bond donors (Lipinski definition) is 4. The minimum atomic E-state index is -1.69. The third kappa shape index (κ3) is 4.26. The van der Waals surface area contributed by atoms with E-state index in [1.165, 1.54) is 14.0 Å². The zero-order valence-electron chi connectivity index (χ0n) is 20.2. The van der Waals surface area contributed by atoms with E-state index in [0.717, 1.165) is 44.9 Å². The molecule has 3 fully saturated rings. The fraction of sp³-hybridized carbons (Fsp3) is 0.680. The van der Waals surface area contributed by atoms with E-state index in [0.29, 0.717) is 16.4 Å². The van der Waals surface area contributed by atoms with Crippen LogP contribution in [0.5, 0.6) is 0 Å². The molecule has 1 spiro atoms. The monoisotopic (exact) mass is 506 g/mol. The van der Waals surface area contributed by atoms with Gasteiger partial charge in [-0.15, -0.1) is 0 Å². The van der Waals surface area contributed by atoms with Crippen LogP contribution in [0.3, 0.4) is 0 Å². The lowest BCUT2D eigenvalue weighted by atomic mass is 9.83. The van der Waals surface area contributed by atoms with Crippen molar-refractivity contribution >= 4 is 23.8 Å². The molecule has 0 amide bonds. The Morgan fingerprint density at radius 2 is 1.91 bits per heavy atom. The lowest BCUT2D eigenvalue weighted by molar-refractivity contribution is -0.153. The van der Waals surface area contributed by atoms with Gasteiger partial charge in [-0.3, -0.25) is 4.99 Å². The van der Waals surface area contributed by atoms with Crippen LogP contribution >= 0.6 is 11.6 Å². The van der Waals surface area contributed by atoms with E-state index in [2.05, 4.69) is 15.4 Å². The van der Waals surface area contributed by atoms with Crippen LogP contribution in [-0.2, 0) is 9.57 Å². The van der Waals surface area contributed by atoms with E-state index in [-0.39, 0.29) is 17.6 Å². The summed E-state index contributed by atoms with van der Waals surface area (Å²) in [5, 5.41) is 42.0. The molecule has 9 nitrogen and oxygen atoms in total. The van der Waals surface area contributed by atoms with Gasteiger partial charge in [-0.25, -0.2) is 4.90 Å². The van der Waals surface area contributed by atoms with E-state index in [9.17, 15) is 15.3 Å². The molecule has 3 heterocycles. The predicted molar refractivity (Wildman–Crippen MR) is 132 cm³/mol. The minimum absolute atomic E-state index is 0.0564. The normalized spacial score (nSPS) is 38.8. The first-order valence-electron chi connectivity index (χ1n) is 12.5. The number of oxime groups is 1. The lowest BCUT2D eigenvalue weighted by Gasteiger charge is -2.44. The zero-order valence-corrected chi connectivity index (χ0v) is 20.9. The molecular formula is C25H35ClN4O5. The standard InChI is InChI=1S/C25H35ClN4O5/c1-24(33)19(32)23(35-20(24)18(31)15-7-9-16(26)10-8-15)30-22-17(21(29-34-2)27-14-28-22)13-25(30)11-5-3-4-6-12-25/h7-10,14,17-20,22-23,31-33H,3-6,11-13H2,1-2H3,(H,27,28,29)/t17?,18-,19+,20-,22?,23-,24+/m1/s1. The van der Waals surface area contributed by atoms with Crippen LogP contribution < -0.4 is 5.32 Å². The number of ether oxygens (including phenoxy) is 1. The van der Waals surface area contributed by atoms with Crippen molar-refractivity contribution in [1.29, 1.82) is 0 Å². The molecule has 1 aromatic carbocycles. The van der Waals surface area contributed by atoms with E-state index in [4.69, 9.17) is 26.2 Å². The molecule has 35 heavy (non-hydrogen) atoms. The Morgan fingerprint density at radius 1 is 1.23 bits per heavy atom. The topological polar surface area (TPSA) is 119 Å². The van der Waals surface area contributed by atoms with Gasteiger partial charge in [-0.2, -0.15) is 0 Å². The van der Waals surface area contributed by atoms with Gasteiger partial charge in [0, 0.05) is 10.6 Å². The van der Waals surface area contributed by atoms with Gasteiger partial charge in [0.2, 0.25) is 0 Å².